The van der Waals surface area contributed by atoms with Crippen LogP contribution in [0.25, 0.3) is 11.5 Å². The first-order chi connectivity index (χ1) is 7.29. The van der Waals surface area contributed by atoms with E-state index in [2.05, 4.69) is 10.1 Å². The molecule has 0 saturated carbocycles. The van der Waals surface area contributed by atoms with Crippen LogP contribution in [0, 0.1) is 11.3 Å². The first kappa shape index (κ1) is 9.69. The normalized spacial score (nSPS) is 9.87. The maximum absolute atomic E-state index is 8.45. The molecule has 2 rings (SSSR count). The average molecular weight is 220 g/mol. The van der Waals surface area contributed by atoms with Crippen LogP contribution in [0.2, 0.25) is 5.02 Å². The molecule has 0 N–H and O–H groups in total. The van der Waals surface area contributed by atoms with Gasteiger partial charge in [0.15, 0.2) is 5.82 Å². The lowest BCUT2D eigenvalue weighted by molar-refractivity contribution is 0.424. The molecule has 0 radical (unpaired) electrons. The van der Waals surface area contributed by atoms with Crippen molar-refractivity contribution in [1.82, 2.24) is 10.1 Å². The van der Waals surface area contributed by atoms with E-state index in [0.29, 0.717) is 16.7 Å². The minimum Gasteiger partial charge on any atom is -0.334 e. The molecule has 4 nitrogen and oxygen atoms in total. The summed E-state index contributed by atoms with van der Waals surface area (Å²) in [6.45, 7) is 0. The highest BCUT2D eigenvalue weighted by Gasteiger charge is 2.08. The van der Waals surface area contributed by atoms with E-state index in [1.54, 1.807) is 18.2 Å². The van der Waals surface area contributed by atoms with Crippen LogP contribution in [-0.2, 0) is 6.42 Å². The number of hydrogen-bond acceptors (Lipinski definition) is 4. The Labute approximate surface area is 91.1 Å². The van der Waals surface area contributed by atoms with E-state index in [0.717, 1.165) is 5.56 Å². The van der Waals surface area contributed by atoms with Crippen molar-refractivity contribution in [2.75, 3.05) is 0 Å². The van der Waals surface area contributed by atoms with Gasteiger partial charge in [0.1, 0.15) is 0 Å². The largest absolute Gasteiger partial charge is 0.334 e. The zero-order chi connectivity index (χ0) is 10.7. The monoisotopic (exact) mass is 219 g/mol. The van der Waals surface area contributed by atoms with Crippen molar-refractivity contribution in [3.05, 3.63) is 35.1 Å². The fourth-order valence-electron chi connectivity index (χ4n) is 1.14. The summed E-state index contributed by atoms with van der Waals surface area (Å²) in [5, 5.41) is 12.7. The molecule has 1 heterocycles. The van der Waals surface area contributed by atoms with Gasteiger partial charge in [-0.25, -0.2) is 0 Å². The van der Waals surface area contributed by atoms with Crippen LogP contribution in [0.5, 0.6) is 0 Å². The molecule has 0 bridgehead atoms. The molecule has 5 heteroatoms. The summed E-state index contributed by atoms with van der Waals surface area (Å²) >= 11 is 5.82. The predicted octanol–water partition coefficient (Wildman–Crippen LogP) is 2.46. The van der Waals surface area contributed by atoms with Crippen molar-refractivity contribution >= 4 is 11.6 Å². The molecule has 0 amide bonds. The van der Waals surface area contributed by atoms with Crippen molar-refractivity contribution in [3.63, 3.8) is 0 Å². The number of hydrogen-bond donors (Lipinski definition) is 0. The maximum Gasteiger partial charge on any atom is 0.258 e. The van der Waals surface area contributed by atoms with Gasteiger partial charge >= 0.3 is 0 Å². The van der Waals surface area contributed by atoms with Gasteiger partial charge in [-0.05, 0) is 18.2 Å². The lowest BCUT2D eigenvalue weighted by Crippen LogP contribution is -1.83. The van der Waals surface area contributed by atoms with Gasteiger partial charge in [0.2, 0.25) is 0 Å². The van der Waals surface area contributed by atoms with E-state index < -0.39 is 0 Å². The number of nitriles is 1. The molecule has 15 heavy (non-hydrogen) atoms. The third-order valence-corrected chi connectivity index (χ3v) is 2.01. The van der Waals surface area contributed by atoms with Gasteiger partial charge in [-0.3, -0.25) is 0 Å². The molecule has 0 fully saturated rings. The highest BCUT2D eigenvalue weighted by molar-refractivity contribution is 6.30. The Kier molecular flexibility index (Phi) is 2.66. The van der Waals surface area contributed by atoms with Crippen molar-refractivity contribution in [1.29, 1.82) is 5.26 Å². The van der Waals surface area contributed by atoms with Crippen molar-refractivity contribution in [2.24, 2.45) is 0 Å². The fraction of sp³-hybridized carbons (Fsp3) is 0.100. The van der Waals surface area contributed by atoms with Crippen LogP contribution in [0.15, 0.2) is 28.8 Å². The summed E-state index contributed by atoms with van der Waals surface area (Å²) in [6.07, 6.45) is 0.143. The first-order valence-electron chi connectivity index (χ1n) is 4.25. The Morgan fingerprint density at radius 2 is 2.33 bits per heavy atom. The molecule has 1 aromatic heterocycles. The van der Waals surface area contributed by atoms with Gasteiger partial charge in [-0.15, -0.1) is 0 Å². The maximum atomic E-state index is 8.45. The van der Waals surface area contributed by atoms with E-state index >= 15 is 0 Å². The van der Waals surface area contributed by atoms with Crippen LogP contribution < -0.4 is 0 Å². The van der Waals surface area contributed by atoms with Gasteiger partial charge in [0.05, 0.1) is 12.5 Å². The average Bonchev–Trinajstić information content (AvgIpc) is 2.67. The summed E-state index contributed by atoms with van der Waals surface area (Å²) in [7, 11) is 0. The molecule has 74 valence electrons. The quantitative estimate of drug-likeness (QED) is 0.778. The summed E-state index contributed by atoms with van der Waals surface area (Å²) in [6, 6.07) is 9.05. The van der Waals surface area contributed by atoms with E-state index in [4.69, 9.17) is 21.4 Å². The second kappa shape index (κ2) is 4.11. The van der Waals surface area contributed by atoms with Crippen LogP contribution in [0.1, 0.15) is 5.82 Å². The summed E-state index contributed by atoms with van der Waals surface area (Å²) in [5.74, 6) is 0.759. The molecule has 0 aliphatic rings. The number of aromatic nitrogens is 2. The van der Waals surface area contributed by atoms with Gasteiger partial charge in [0.25, 0.3) is 5.89 Å². The van der Waals surface area contributed by atoms with Crippen LogP contribution in [-0.4, -0.2) is 10.1 Å². The van der Waals surface area contributed by atoms with Crippen molar-refractivity contribution in [2.45, 2.75) is 6.42 Å². The Morgan fingerprint density at radius 1 is 1.47 bits per heavy atom. The number of benzene rings is 1. The lowest BCUT2D eigenvalue weighted by atomic mass is 10.2. The highest BCUT2D eigenvalue weighted by Crippen LogP contribution is 2.20. The van der Waals surface area contributed by atoms with Gasteiger partial charge in [-0.2, -0.15) is 10.2 Å². The third kappa shape index (κ3) is 2.14. The summed E-state index contributed by atoms with van der Waals surface area (Å²) < 4.78 is 4.99. The summed E-state index contributed by atoms with van der Waals surface area (Å²) in [4.78, 5) is 4.05. The second-order valence-electron chi connectivity index (χ2n) is 2.86. The van der Waals surface area contributed by atoms with Gasteiger partial charge < -0.3 is 4.52 Å². The molecule has 0 aliphatic carbocycles. The molecule has 0 aliphatic heterocycles. The van der Waals surface area contributed by atoms with E-state index in [1.807, 2.05) is 12.1 Å². The topological polar surface area (TPSA) is 62.7 Å². The standard InChI is InChI=1S/C10H6ClN3O/c11-8-3-1-2-7(6-8)10-13-9(4-5-12)14-15-10/h1-3,6H,4H2. The van der Waals surface area contributed by atoms with Crippen molar-refractivity contribution < 1.29 is 4.52 Å². The Hall–Kier alpha value is -1.86. The zero-order valence-corrected chi connectivity index (χ0v) is 8.40. The van der Waals surface area contributed by atoms with Crippen LogP contribution in [0.3, 0.4) is 0 Å². The van der Waals surface area contributed by atoms with Crippen LogP contribution >= 0.6 is 11.6 Å². The Morgan fingerprint density at radius 3 is 3.07 bits per heavy atom. The molecule has 0 saturated heterocycles. The summed E-state index contributed by atoms with van der Waals surface area (Å²) in [5.41, 5.74) is 0.749. The fourth-order valence-corrected chi connectivity index (χ4v) is 1.33. The van der Waals surface area contributed by atoms with E-state index in [9.17, 15) is 0 Å². The zero-order valence-electron chi connectivity index (χ0n) is 7.64. The number of halogens is 1. The number of rotatable bonds is 2. The molecule has 0 atom stereocenters. The minimum atomic E-state index is 0.143. The molecular weight excluding hydrogens is 214 g/mol. The molecular formula is C10H6ClN3O. The van der Waals surface area contributed by atoms with Gasteiger partial charge in [0, 0.05) is 10.6 Å². The van der Waals surface area contributed by atoms with Crippen LogP contribution in [0.4, 0.5) is 0 Å². The molecule has 2 aromatic rings. The lowest BCUT2D eigenvalue weighted by Gasteiger charge is -1.93. The SMILES string of the molecule is N#CCc1noc(-c2cccc(Cl)c2)n1. The molecule has 1 aromatic carbocycles. The van der Waals surface area contributed by atoms with Gasteiger partial charge in [-0.1, -0.05) is 22.8 Å². The van der Waals surface area contributed by atoms with E-state index in [1.165, 1.54) is 0 Å². The second-order valence-corrected chi connectivity index (χ2v) is 3.30. The highest BCUT2D eigenvalue weighted by atomic mass is 35.5. The molecule has 0 spiro atoms. The smallest absolute Gasteiger partial charge is 0.258 e. The predicted molar refractivity (Wildman–Crippen MR) is 54.1 cm³/mol. The first-order valence-corrected chi connectivity index (χ1v) is 4.63. The Balaban J connectivity index is 2.34. The Bertz CT molecular complexity index is 515. The molecule has 0 unspecified atom stereocenters. The van der Waals surface area contributed by atoms with E-state index in [-0.39, 0.29) is 6.42 Å². The number of nitrogens with zero attached hydrogens (tertiary/aromatic N) is 3. The van der Waals surface area contributed by atoms with Crippen molar-refractivity contribution in [3.8, 4) is 17.5 Å². The minimum absolute atomic E-state index is 0.143. The third-order valence-electron chi connectivity index (χ3n) is 1.78.